The van der Waals surface area contributed by atoms with Crippen molar-refractivity contribution in [2.24, 2.45) is 5.73 Å². The molecule has 4 N–H and O–H groups in total. The first-order valence-corrected chi connectivity index (χ1v) is 7.18. The zero-order valence-electron chi connectivity index (χ0n) is 10.7. The number of hydrogen-bond donors (Lipinski definition) is 3. The average molecular weight is 299 g/mol. The minimum Gasteiger partial charge on any atom is -0.494 e. The number of halogens is 1. The summed E-state index contributed by atoms with van der Waals surface area (Å²) in [5.74, 6) is -0.607. The SMILES string of the molecule is COc1ccc(NS(=O)(=O)c2c[nH]c(CN)c2)cc1F. The van der Waals surface area contributed by atoms with Crippen molar-refractivity contribution in [1.82, 2.24) is 4.98 Å². The number of nitrogens with two attached hydrogens (primary N) is 1. The highest BCUT2D eigenvalue weighted by molar-refractivity contribution is 7.92. The van der Waals surface area contributed by atoms with Crippen LogP contribution in [0.3, 0.4) is 0 Å². The lowest BCUT2D eigenvalue weighted by molar-refractivity contribution is 0.386. The van der Waals surface area contributed by atoms with Gasteiger partial charge in [-0.2, -0.15) is 0 Å². The normalized spacial score (nSPS) is 11.3. The summed E-state index contributed by atoms with van der Waals surface area (Å²) >= 11 is 0. The number of hydrogen-bond acceptors (Lipinski definition) is 4. The third-order valence-corrected chi connectivity index (χ3v) is 4.01. The number of aromatic amines is 1. The molecular weight excluding hydrogens is 285 g/mol. The molecule has 0 bridgehead atoms. The first-order valence-electron chi connectivity index (χ1n) is 5.70. The van der Waals surface area contributed by atoms with E-state index in [1.807, 2.05) is 0 Å². The molecule has 0 fully saturated rings. The standard InChI is InChI=1S/C12H14FN3O3S/c1-19-12-3-2-8(5-11(12)13)16-20(17,18)10-4-9(6-14)15-7-10/h2-5,7,15-16H,6,14H2,1H3. The molecule has 2 rings (SSSR count). The molecule has 0 saturated heterocycles. The van der Waals surface area contributed by atoms with Crippen LogP contribution in [-0.4, -0.2) is 20.5 Å². The third-order valence-electron chi connectivity index (χ3n) is 2.65. The molecule has 20 heavy (non-hydrogen) atoms. The molecule has 1 heterocycles. The molecule has 0 aliphatic rings. The molecule has 108 valence electrons. The van der Waals surface area contributed by atoms with Gasteiger partial charge in [0.15, 0.2) is 11.6 Å². The van der Waals surface area contributed by atoms with Gasteiger partial charge < -0.3 is 15.5 Å². The van der Waals surface area contributed by atoms with E-state index < -0.39 is 15.8 Å². The fraction of sp³-hybridized carbons (Fsp3) is 0.167. The molecule has 2 aromatic rings. The Morgan fingerprint density at radius 1 is 1.40 bits per heavy atom. The summed E-state index contributed by atoms with van der Waals surface area (Å²) in [5, 5.41) is 0. The van der Waals surface area contributed by atoms with Crippen LogP contribution < -0.4 is 15.2 Å². The van der Waals surface area contributed by atoms with Crippen molar-refractivity contribution in [2.75, 3.05) is 11.8 Å². The summed E-state index contributed by atoms with van der Waals surface area (Å²) in [6.07, 6.45) is 1.32. The summed E-state index contributed by atoms with van der Waals surface area (Å²) in [4.78, 5) is 2.77. The van der Waals surface area contributed by atoms with E-state index in [1.165, 1.54) is 31.5 Å². The Labute approximate surface area is 115 Å². The van der Waals surface area contributed by atoms with Crippen LogP contribution in [0.1, 0.15) is 5.69 Å². The number of aromatic nitrogens is 1. The first kappa shape index (κ1) is 14.4. The van der Waals surface area contributed by atoms with Crippen LogP contribution in [0, 0.1) is 5.82 Å². The van der Waals surface area contributed by atoms with Crippen LogP contribution >= 0.6 is 0 Å². The summed E-state index contributed by atoms with van der Waals surface area (Å²) in [6.45, 7) is 0.201. The molecule has 0 unspecified atom stereocenters. The Morgan fingerprint density at radius 3 is 2.70 bits per heavy atom. The molecule has 0 aliphatic heterocycles. The molecule has 0 spiro atoms. The van der Waals surface area contributed by atoms with Gasteiger partial charge in [-0.15, -0.1) is 0 Å². The van der Waals surface area contributed by atoms with Crippen LogP contribution in [0.5, 0.6) is 5.75 Å². The maximum absolute atomic E-state index is 13.5. The lowest BCUT2D eigenvalue weighted by Crippen LogP contribution is -2.12. The van der Waals surface area contributed by atoms with Gasteiger partial charge in [-0.1, -0.05) is 0 Å². The molecule has 0 aliphatic carbocycles. The van der Waals surface area contributed by atoms with E-state index in [0.29, 0.717) is 5.69 Å². The van der Waals surface area contributed by atoms with Gasteiger partial charge in [0.05, 0.1) is 12.8 Å². The molecular formula is C12H14FN3O3S. The predicted octanol–water partition coefficient (Wildman–Crippen LogP) is 1.42. The van der Waals surface area contributed by atoms with E-state index in [-0.39, 0.29) is 22.9 Å². The molecule has 0 atom stereocenters. The fourth-order valence-corrected chi connectivity index (χ4v) is 2.70. The average Bonchev–Trinajstić information content (AvgIpc) is 2.88. The lowest BCUT2D eigenvalue weighted by atomic mass is 10.3. The van der Waals surface area contributed by atoms with Gasteiger partial charge in [0.2, 0.25) is 0 Å². The maximum Gasteiger partial charge on any atom is 0.263 e. The molecule has 8 heteroatoms. The number of sulfonamides is 1. The van der Waals surface area contributed by atoms with Crippen LogP contribution in [0.15, 0.2) is 35.4 Å². The smallest absolute Gasteiger partial charge is 0.263 e. The number of anilines is 1. The highest BCUT2D eigenvalue weighted by Crippen LogP contribution is 2.23. The van der Waals surface area contributed by atoms with Crippen LogP contribution in [0.2, 0.25) is 0 Å². The van der Waals surface area contributed by atoms with E-state index in [1.54, 1.807) is 0 Å². The minimum atomic E-state index is -3.78. The number of nitrogens with one attached hydrogen (secondary N) is 2. The first-order chi connectivity index (χ1) is 9.46. The molecule has 0 amide bonds. The lowest BCUT2D eigenvalue weighted by Gasteiger charge is -2.08. The fourth-order valence-electron chi connectivity index (χ4n) is 1.64. The van der Waals surface area contributed by atoms with Gasteiger partial charge in [-0.05, 0) is 18.2 Å². The number of methoxy groups -OCH3 is 1. The van der Waals surface area contributed by atoms with Crippen molar-refractivity contribution in [3.8, 4) is 5.75 Å². The highest BCUT2D eigenvalue weighted by Gasteiger charge is 2.16. The number of H-pyrrole nitrogens is 1. The molecule has 6 nitrogen and oxygen atoms in total. The van der Waals surface area contributed by atoms with E-state index in [2.05, 4.69) is 9.71 Å². The van der Waals surface area contributed by atoms with Gasteiger partial charge >= 0.3 is 0 Å². The second kappa shape index (κ2) is 5.51. The van der Waals surface area contributed by atoms with Crippen molar-refractivity contribution >= 4 is 15.7 Å². The number of benzene rings is 1. The summed E-state index contributed by atoms with van der Waals surface area (Å²) in [5.41, 5.74) is 6.10. The van der Waals surface area contributed by atoms with Gasteiger partial charge in [0, 0.05) is 24.5 Å². The monoisotopic (exact) mass is 299 g/mol. The second-order valence-electron chi connectivity index (χ2n) is 4.02. The highest BCUT2D eigenvalue weighted by atomic mass is 32.2. The van der Waals surface area contributed by atoms with Crippen LogP contribution in [-0.2, 0) is 16.6 Å². The van der Waals surface area contributed by atoms with Gasteiger partial charge in [0.25, 0.3) is 10.0 Å². The Balaban J connectivity index is 2.26. The second-order valence-corrected chi connectivity index (χ2v) is 5.70. The van der Waals surface area contributed by atoms with Crippen molar-refractivity contribution in [3.05, 3.63) is 42.0 Å². The molecule has 0 radical (unpaired) electrons. The van der Waals surface area contributed by atoms with Crippen molar-refractivity contribution in [2.45, 2.75) is 11.4 Å². The summed E-state index contributed by atoms with van der Waals surface area (Å²) < 4.78 is 44.7. The van der Waals surface area contributed by atoms with Crippen LogP contribution in [0.4, 0.5) is 10.1 Å². The third kappa shape index (κ3) is 2.91. The van der Waals surface area contributed by atoms with Crippen molar-refractivity contribution < 1.29 is 17.5 Å². The Hall–Kier alpha value is -2.06. The van der Waals surface area contributed by atoms with Gasteiger partial charge in [0.1, 0.15) is 4.90 Å². The molecule has 1 aromatic heterocycles. The van der Waals surface area contributed by atoms with E-state index >= 15 is 0 Å². The quantitative estimate of drug-likeness (QED) is 0.778. The Kier molecular flexibility index (Phi) is 3.96. The van der Waals surface area contributed by atoms with Crippen molar-refractivity contribution in [1.29, 1.82) is 0 Å². The Morgan fingerprint density at radius 2 is 2.15 bits per heavy atom. The largest absolute Gasteiger partial charge is 0.494 e. The molecule has 1 aromatic carbocycles. The number of ether oxygens (including phenoxy) is 1. The zero-order chi connectivity index (χ0) is 14.8. The van der Waals surface area contributed by atoms with E-state index in [4.69, 9.17) is 10.5 Å². The Bertz CT molecular complexity index is 712. The van der Waals surface area contributed by atoms with Crippen molar-refractivity contribution in [3.63, 3.8) is 0 Å². The number of rotatable bonds is 5. The van der Waals surface area contributed by atoms with E-state index in [0.717, 1.165) is 6.07 Å². The molecule has 0 saturated carbocycles. The summed E-state index contributed by atoms with van der Waals surface area (Å²) in [7, 11) is -2.45. The van der Waals surface area contributed by atoms with Gasteiger partial charge in [-0.25, -0.2) is 12.8 Å². The van der Waals surface area contributed by atoms with E-state index in [9.17, 15) is 12.8 Å². The minimum absolute atomic E-state index is 0.0363. The zero-order valence-corrected chi connectivity index (χ0v) is 11.5. The van der Waals surface area contributed by atoms with Crippen LogP contribution in [0.25, 0.3) is 0 Å². The predicted molar refractivity (Wildman–Crippen MR) is 72.4 cm³/mol. The topological polar surface area (TPSA) is 97.2 Å². The summed E-state index contributed by atoms with van der Waals surface area (Å²) in [6, 6.07) is 5.22. The van der Waals surface area contributed by atoms with Gasteiger partial charge in [-0.3, -0.25) is 4.72 Å². The maximum atomic E-state index is 13.5.